The molecule has 1 fully saturated rings. The van der Waals surface area contributed by atoms with E-state index in [0.717, 1.165) is 35.5 Å². The molecule has 2 aromatic rings. The fourth-order valence-corrected chi connectivity index (χ4v) is 3.59. The van der Waals surface area contributed by atoms with Gasteiger partial charge in [-0.2, -0.15) is 0 Å². The molecule has 2 amide bonds. The molecule has 1 aliphatic heterocycles. The van der Waals surface area contributed by atoms with Gasteiger partial charge in [-0.25, -0.2) is 0 Å². The zero-order valence-corrected chi connectivity index (χ0v) is 17.5. The summed E-state index contributed by atoms with van der Waals surface area (Å²) in [4.78, 5) is 26.0. The molecule has 1 aliphatic rings. The molecule has 0 saturated carbocycles. The van der Waals surface area contributed by atoms with Crippen molar-refractivity contribution in [1.29, 1.82) is 0 Å². The van der Waals surface area contributed by atoms with Crippen molar-refractivity contribution in [3.63, 3.8) is 0 Å². The van der Waals surface area contributed by atoms with Crippen LogP contribution in [0.5, 0.6) is 5.75 Å². The Morgan fingerprint density at radius 1 is 1.24 bits per heavy atom. The van der Waals surface area contributed by atoms with E-state index in [4.69, 9.17) is 16.3 Å². The highest BCUT2D eigenvalue weighted by Crippen LogP contribution is 2.31. The summed E-state index contributed by atoms with van der Waals surface area (Å²) < 4.78 is 5.14. The largest absolute Gasteiger partial charge is 0.497 e. The normalized spacial score (nSPS) is 14.6. The average molecular weight is 416 g/mol. The Bertz CT molecular complexity index is 870. The SMILES string of the molecule is COc1ccc(CCNC(=O)C(C)Nc2ccc(N3CCCC3=O)c(Cl)c2)cc1. The standard InChI is InChI=1S/C22H26ClN3O3/c1-15(22(28)24-12-11-16-5-8-18(29-2)9-6-16)25-17-7-10-20(19(23)14-17)26-13-3-4-21(26)27/h5-10,14-15,25H,3-4,11-13H2,1-2H3,(H,24,28). The van der Waals surface area contributed by atoms with Gasteiger partial charge in [0, 0.05) is 25.2 Å². The van der Waals surface area contributed by atoms with Crippen LogP contribution in [0.15, 0.2) is 42.5 Å². The minimum Gasteiger partial charge on any atom is -0.497 e. The second-order valence-corrected chi connectivity index (χ2v) is 7.48. The minimum absolute atomic E-state index is 0.0894. The van der Waals surface area contributed by atoms with E-state index in [9.17, 15) is 9.59 Å². The van der Waals surface area contributed by atoms with Gasteiger partial charge in [0.1, 0.15) is 11.8 Å². The van der Waals surface area contributed by atoms with Crippen LogP contribution in [0.4, 0.5) is 11.4 Å². The third-order valence-electron chi connectivity index (χ3n) is 4.96. The van der Waals surface area contributed by atoms with Gasteiger partial charge in [0.15, 0.2) is 0 Å². The lowest BCUT2D eigenvalue weighted by Gasteiger charge is -2.20. The zero-order chi connectivity index (χ0) is 20.8. The van der Waals surface area contributed by atoms with Gasteiger partial charge in [0.2, 0.25) is 11.8 Å². The molecule has 2 N–H and O–H groups in total. The molecule has 1 heterocycles. The number of hydrogen-bond donors (Lipinski definition) is 2. The van der Waals surface area contributed by atoms with E-state index in [1.165, 1.54) is 0 Å². The van der Waals surface area contributed by atoms with Gasteiger partial charge in [-0.15, -0.1) is 0 Å². The number of nitrogens with zero attached hydrogens (tertiary/aromatic N) is 1. The number of anilines is 2. The highest BCUT2D eigenvalue weighted by molar-refractivity contribution is 6.34. The maximum absolute atomic E-state index is 12.4. The molecule has 29 heavy (non-hydrogen) atoms. The molecule has 3 rings (SSSR count). The first-order valence-electron chi connectivity index (χ1n) is 9.75. The monoisotopic (exact) mass is 415 g/mol. The van der Waals surface area contributed by atoms with Crippen molar-refractivity contribution >= 4 is 34.8 Å². The first kappa shape index (κ1) is 21.0. The molecule has 6 nitrogen and oxygen atoms in total. The maximum atomic E-state index is 12.4. The van der Waals surface area contributed by atoms with E-state index in [0.29, 0.717) is 24.5 Å². The maximum Gasteiger partial charge on any atom is 0.242 e. The van der Waals surface area contributed by atoms with Crippen molar-refractivity contribution in [2.75, 3.05) is 30.4 Å². The molecule has 7 heteroatoms. The molecular weight excluding hydrogens is 390 g/mol. The van der Waals surface area contributed by atoms with Crippen LogP contribution >= 0.6 is 11.6 Å². The smallest absolute Gasteiger partial charge is 0.242 e. The quantitative estimate of drug-likeness (QED) is 0.690. The van der Waals surface area contributed by atoms with Crippen molar-refractivity contribution in [2.45, 2.75) is 32.2 Å². The molecule has 0 bridgehead atoms. The fraction of sp³-hybridized carbons (Fsp3) is 0.364. The van der Waals surface area contributed by atoms with Crippen LogP contribution in [0.2, 0.25) is 5.02 Å². The Labute approximate surface area is 176 Å². The van der Waals surface area contributed by atoms with E-state index in [1.54, 1.807) is 25.0 Å². The number of benzene rings is 2. The second-order valence-electron chi connectivity index (χ2n) is 7.07. The van der Waals surface area contributed by atoms with Crippen LogP contribution in [-0.2, 0) is 16.0 Å². The van der Waals surface area contributed by atoms with Gasteiger partial charge in [-0.05, 0) is 55.7 Å². The molecule has 1 unspecified atom stereocenters. The molecular formula is C22H26ClN3O3. The number of ether oxygens (including phenoxy) is 1. The van der Waals surface area contributed by atoms with Gasteiger partial charge in [0.25, 0.3) is 0 Å². The Morgan fingerprint density at radius 3 is 2.62 bits per heavy atom. The van der Waals surface area contributed by atoms with Gasteiger partial charge in [-0.3, -0.25) is 9.59 Å². The average Bonchev–Trinajstić information content (AvgIpc) is 3.14. The summed E-state index contributed by atoms with van der Waals surface area (Å²) in [6.45, 7) is 3.04. The van der Waals surface area contributed by atoms with E-state index in [-0.39, 0.29) is 11.8 Å². The first-order chi connectivity index (χ1) is 14.0. The van der Waals surface area contributed by atoms with Crippen LogP contribution in [0.3, 0.4) is 0 Å². The Hall–Kier alpha value is -2.73. The zero-order valence-electron chi connectivity index (χ0n) is 16.7. The van der Waals surface area contributed by atoms with Crippen molar-refractivity contribution in [3.05, 3.63) is 53.1 Å². The lowest BCUT2D eigenvalue weighted by molar-refractivity contribution is -0.121. The third kappa shape index (κ3) is 5.41. The summed E-state index contributed by atoms with van der Waals surface area (Å²) in [7, 11) is 1.64. The number of hydrogen-bond acceptors (Lipinski definition) is 4. The second kappa shape index (κ2) is 9.65. The lowest BCUT2D eigenvalue weighted by atomic mass is 10.1. The topological polar surface area (TPSA) is 70.7 Å². The lowest BCUT2D eigenvalue weighted by Crippen LogP contribution is -2.38. The minimum atomic E-state index is -0.416. The fourth-order valence-electron chi connectivity index (χ4n) is 3.31. The van der Waals surface area contributed by atoms with Gasteiger partial charge >= 0.3 is 0 Å². The molecule has 0 spiro atoms. The molecule has 2 aromatic carbocycles. The molecule has 1 saturated heterocycles. The number of methoxy groups -OCH3 is 1. The summed E-state index contributed by atoms with van der Waals surface area (Å²) in [6.07, 6.45) is 2.15. The van der Waals surface area contributed by atoms with Crippen LogP contribution in [0.1, 0.15) is 25.3 Å². The Kier molecular flexibility index (Phi) is 6.99. The molecule has 154 valence electrons. The first-order valence-corrected chi connectivity index (χ1v) is 10.1. The molecule has 1 atom stereocenters. The van der Waals surface area contributed by atoms with Crippen LogP contribution < -0.4 is 20.3 Å². The van der Waals surface area contributed by atoms with Crippen LogP contribution in [0, 0.1) is 0 Å². The summed E-state index contributed by atoms with van der Waals surface area (Å²) in [5.41, 5.74) is 2.59. The molecule has 0 aliphatic carbocycles. The predicted molar refractivity (Wildman–Crippen MR) is 116 cm³/mol. The summed E-state index contributed by atoms with van der Waals surface area (Å²) in [6, 6.07) is 12.8. The Morgan fingerprint density at radius 2 is 2.00 bits per heavy atom. The number of halogens is 1. The van der Waals surface area contributed by atoms with Crippen molar-refractivity contribution in [3.8, 4) is 5.75 Å². The van der Waals surface area contributed by atoms with E-state index < -0.39 is 6.04 Å². The van der Waals surface area contributed by atoms with E-state index in [2.05, 4.69) is 10.6 Å². The van der Waals surface area contributed by atoms with Gasteiger partial charge < -0.3 is 20.3 Å². The Balaban J connectivity index is 1.49. The van der Waals surface area contributed by atoms with Gasteiger partial charge in [0.05, 0.1) is 17.8 Å². The van der Waals surface area contributed by atoms with E-state index in [1.807, 2.05) is 36.4 Å². The third-order valence-corrected chi connectivity index (χ3v) is 5.26. The summed E-state index contributed by atoms with van der Waals surface area (Å²) in [5, 5.41) is 6.59. The molecule has 0 radical (unpaired) electrons. The number of carbonyl (C=O) groups excluding carboxylic acids is 2. The summed E-state index contributed by atoms with van der Waals surface area (Å²) in [5.74, 6) is 0.819. The number of nitrogens with one attached hydrogen (secondary N) is 2. The van der Waals surface area contributed by atoms with Crippen LogP contribution in [-0.4, -0.2) is 38.1 Å². The van der Waals surface area contributed by atoms with Crippen molar-refractivity contribution in [1.82, 2.24) is 5.32 Å². The van der Waals surface area contributed by atoms with E-state index >= 15 is 0 Å². The predicted octanol–water partition coefficient (Wildman–Crippen LogP) is 3.63. The highest BCUT2D eigenvalue weighted by Gasteiger charge is 2.23. The van der Waals surface area contributed by atoms with Crippen molar-refractivity contribution < 1.29 is 14.3 Å². The summed E-state index contributed by atoms with van der Waals surface area (Å²) >= 11 is 6.37. The highest BCUT2D eigenvalue weighted by atomic mass is 35.5. The molecule has 0 aromatic heterocycles. The number of rotatable bonds is 8. The van der Waals surface area contributed by atoms with Crippen molar-refractivity contribution in [2.24, 2.45) is 0 Å². The number of amides is 2. The number of carbonyl (C=O) groups is 2. The van der Waals surface area contributed by atoms with Gasteiger partial charge in [-0.1, -0.05) is 23.7 Å². The van der Waals surface area contributed by atoms with Crippen LogP contribution in [0.25, 0.3) is 0 Å².